The van der Waals surface area contributed by atoms with Gasteiger partial charge < -0.3 is 5.11 Å². The number of hydrogen-bond acceptors (Lipinski definition) is 2. The van der Waals surface area contributed by atoms with Gasteiger partial charge in [0.2, 0.25) is 0 Å². The zero-order chi connectivity index (χ0) is 10.8. The van der Waals surface area contributed by atoms with Gasteiger partial charge in [0.1, 0.15) is 5.78 Å². The van der Waals surface area contributed by atoms with Crippen LogP contribution in [0.3, 0.4) is 0 Å². The molecule has 3 aliphatic rings. The summed E-state index contributed by atoms with van der Waals surface area (Å²) in [4.78, 5) is 12.2. The second kappa shape index (κ2) is 2.73. The topological polar surface area (TPSA) is 37.3 Å². The molecular formula is C13H18O2. The molecule has 1 unspecified atom stereocenters. The fourth-order valence-electron chi connectivity index (χ4n) is 4.17. The summed E-state index contributed by atoms with van der Waals surface area (Å²) in [6.07, 6.45) is 5.76. The van der Waals surface area contributed by atoms with Crippen LogP contribution in [0, 0.1) is 29.1 Å². The van der Waals surface area contributed by atoms with Gasteiger partial charge in [-0.2, -0.15) is 0 Å². The van der Waals surface area contributed by atoms with Crippen molar-refractivity contribution >= 4 is 5.78 Å². The van der Waals surface area contributed by atoms with Crippen molar-refractivity contribution in [3.05, 3.63) is 12.2 Å². The molecule has 1 N–H and O–H groups in total. The molecule has 2 nitrogen and oxygen atoms in total. The minimum absolute atomic E-state index is 0.0516. The highest BCUT2D eigenvalue weighted by atomic mass is 16.3. The predicted molar refractivity (Wildman–Crippen MR) is 57.1 cm³/mol. The summed E-state index contributed by atoms with van der Waals surface area (Å²) < 4.78 is 0. The van der Waals surface area contributed by atoms with Gasteiger partial charge in [-0.3, -0.25) is 4.79 Å². The van der Waals surface area contributed by atoms with E-state index in [-0.39, 0.29) is 23.4 Å². The third kappa shape index (κ3) is 1.06. The molecule has 2 saturated carbocycles. The van der Waals surface area contributed by atoms with Crippen LogP contribution in [0.25, 0.3) is 0 Å². The Kier molecular flexibility index (Phi) is 1.75. The van der Waals surface area contributed by atoms with Gasteiger partial charge in [-0.15, -0.1) is 0 Å². The molecule has 0 aliphatic heterocycles. The van der Waals surface area contributed by atoms with Crippen LogP contribution in [0.4, 0.5) is 0 Å². The molecule has 15 heavy (non-hydrogen) atoms. The predicted octanol–water partition coefficient (Wildman–Crippen LogP) is 1.78. The monoisotopic (exact) mass is 206 g/mol. The smallest absolute Gasteiger partial charge is 0.145 e. The highest BCUT2D eigenvalue weighted by molar-refractivity contribution is 5.89. The van der Waals surface area contributed by atoms with E-state index in [2.05, 4.69) is 26.0 Å². The van der Waals surface area contributed by atoms with Crippen molar-refractivity contribution in [2.24, 2.45) is 29.1 Å². The van der Waals surface area contributed by atoms with E-state index in [4.69, 9.17) is 0 Å². The Labute approximate surface area is 90.4 Å². The van der Waals surface area contributed by atoms with E-state index in [1.165, 1.54) is 0 Å². The maximum Gasteiger partial charge on any atom is 0.145 e. The lowest BCUT2D eigenvalue weighted by molar-refractivity contribution is -0.125. The quantitative estimate of drug-likeness (QED) is 0.613. The SMILES string of the molecule is CC1(C)C=C[C@@H]2C(=O)[C@H]3C(O)CC[C@H]3[C@@H]21. The number of carbonyl (C=O) groups is 1. The van der Waals surface area contributed by atoms with Crippen molar-refractivity contribution in [1.82, 2.24) is 0 Å². The first kappa shape index (κ1) is 9.59. The molecule has 82 valence electrons. The Morgan fingerprint density at radius 1 is 1.40 bits per heavy atom. The number of Topliss-reactive ketones (excluding diaryl/α,β-unsaturated/α-hetero) is 1. The van der Waals surface area contributed by atoms with Crippen LogP contribution in [-0.4, -0.2) is 17.0 Å². The normalized spacial score (nSPS) is 50.9. The molecule has 3 rings (SSSR count). The van der Waals surface area contributed by atoms with Crippen LogP contribution in [0.5, 0.6) is 0 Å². The third-order valence-electron chi connectivity index (χ3n) is 4.77. The second-order valence-electron chi connectivity index (χ2n) is 5.97. The van der Waals surface area contributed by atoms with Crippen LogP contribution in [0.2, 0.25) is 0 Å². The Hall–Kier alpha value is -0.630. The Morgan fingerprint density at radius 2 is 2.13 bits per heavy atom. The van der Waals surface area contributed by atoms with Crippen molar-refractivity contribution in [1.29, 1.82) is 0 Å². The van der Waals surface area contributed by atoms with Crippen molar-refractivity contribution < 1.29 is 9.90 Å². The first-order valence-corrected chi connectivity index (χ1v) is 5.93. The fourth-order valence-corrected chi connectivity index (χ4v) is 4.17. The number of fused-ring (bicyclic) bond motifs is 3. The first-order chi connectivity index (χ1) is 7.02. The van der Waals surface area contributed by atoms with Gasteiger partial charge >= 0.3 is 0 Å². The number of aliphatic hydroxyl groups excluding tert-OH is 1. The maximum absolute atomic E-state index is 12.2. The van der Waals surface area contributed by atoms with Crippen LogP contribution in [-0.2, 0) is 4.79 Å². The summed E-state index contributed by atoms with van der Waals surface area (Å²) in [7, 11) is 0. The van der Waals surface area contributed by atoms with Crippen molar-refractivity contribution in [3.8, 4) is 0 Å². The molecule has 0 radical (unpaired) electrons. The number of ketones is 1. The van der Waals surface area contributed by atoms with E-state index >= 15 is 0 Å². The average Bonchev–Trinajstić information content (AvgIpc) is 2.73. The van der Waals surface area contributed by atoms with Gasteiger partial charge in [0, 0.05) is 11.8 Å². The molecule has 0 aromatic heterocycles. The van der Waals surface area contributed by atoms with Gasteiger partial charge in [-0.25, -0.2) is 0 Å². The van der Waals surface area contributed by atoms with E-state index in [1.54, 1.807) is 0 Å². The molecule has 3 aliphatic carbocycles. The van der Waals surface area contributed by atoms with E-state index in [0.717, 1.165) is 12.8 Å². The lowest BCUT2D eigenvalue weighted by Gasteiger charge is -2.30. The Bertz CT molecular complexity index is 342. The van der Waals surface area contributed by atoms with Crippen molar-refractivity contribution in [2.75, 3.05) is 0 Å². The standard InChI is InChI=1S/C13H18O2/c1-13(2)6-5-8-11(13)7-3-4-9(14)10(7)12(8)15/h5-11,14H,3-4H2,1-2H3/t7-,8+,9?,10-,11+/m1/s1. The van der Waals surface area contributed by atoms with Gasteiger partial charge in [-0.05, 0) is 30.1 Å². The van der Waals surface area contributed by atoms with Gasteiger partial charge in [0.25, 0.3) is 0 Å². The van der Waals surface area contributed by atoms with Crippen LogP contribution in [0.1, 0.15) is 26.7 Å². The Balaban J connectivity index is 2.01. The lowest BCUT2D eigenvalue weighted by Crippen LogP contribution is -2.26. The molecule has 0 saturated heterocycles. The molecule has 0 heterocycles. The average molecular weight is 206 g/mol. The van der Waals surface area contributed by atoms with Gasteiger partial charge in [-0.1, -0.05) is 26.0 Å². The van der Waals surface area contributed by atoms with E-state index in [9.17, 15) is 9.90 Å². The molecule has 0 amide bonds. The zero-order valence-electron chi connectivity index (χ0n) is 9.31. The lowest BCUT2D eigenvalue weighted by atomic mass is 9.73. The number of carbonyl (C=O) groups excluding carboxylic acids is 1. The molecule has 0 bridgehead atoms. The maximum atomic E-state index is 12.2. The summed E-state index contributed by atoms with van der Waals surface area (Å²) in [5.74, 6) is 1.24. The summed E-state index contributed by atoms with van der Waals surface area (Å²) in [6.45, 7) is 4.43. The molecule has 2 heteroatoms. The molecule has 2 fully saturated rings. The molecule has 0 aromatic carbocycles. The molecule has 0 aromatic rings. The minimum Gasteiger partial charge on any atom is -0.392 e. The fraction of sp³-hybridized carbons (Fsp3) is 0.769. The molecule has 0 spiro atoms. The number of rotatable bonds is 0. The highest BCUT2D eigenvalue weighted by Crippen LogP contribution is 2.58. The van der Waals surface area contributed by atoms with Gasteiger partial charge in [0.05, 0.1) is 6.10 Å². The summed E-state index contributed by atoms with van der Waals surface area (Å²) in [5, 5.41) is 9.85. The third-order valence-corrected chi connectivity index (χ3v) is 4.77. The van der Waals surface area contributed by atoms with Crippen LogP contribution < -0.4 is 0 Å². The zero-order valence-corrected chi connectivity index (χ0v) is 9.31. The van der Waals surface area contributed by atoms with Crippen molar-refractivity contribution in [2.45, 2.75) is 32.8 Å². The summed E-state index contributed by atoms with van der Waals surface area (Å²) >= 11 is 0. The summed E-state index contributed by atoms with van der Waals surface area (Å²) in [5.41, 5.74) is 0.143. The second-order valence-corrected chi connectivity index (χ2v) is 5.97. The van der Waals surface area contributed by atoms with Crippen LogP contribution >= 0.6 is 0 Å². The molecular weight excluding hydrogens is 188 g/mol. The largest absolute Gasteiger partial charge is 0.392 e. The highest BCUT2D eigenvalue weighted by Gasteiger charge is 2.59. The van der Waals surface area contributed by atoms with Gasteiger partial charge in [0.15, 0.2) is 0 Å². The van der Waals surface area contributed by atoms with E-state index < -0.39 is 0 Å². The molecule has 5 atom stereocenters. The summed E-state index contributed by atoms with van der Waals surface area (Å²) in [6, 6.07) is 0. The number of aliphatic hydroxyl groups is 1. The van der Waals surface area contributed by atoms with Crippen LogP contribution in [0.15, 0.2) is 12.2 Å². The number of hydrogen-bond donors (Lipinski definition) is 1. The van der Waals surface area contributed by atoms with Crippen molar-refractivity contribution in [3.63, 3.8) is 0 Å². The minimum atomic E-state index is -0.364. The Morgan fingerprint density at radius 3 is 2.87 bits per heavy atom. The van der Waals surface area contributed by atoms with E-state index in [0.29, 0.717) is 17.6 Å². The number of allylic oxidation sites excluding steroid dienone is 2. The first-order valence-electron chi connectivity index (χ1n) is 5.93. The van der Waals surface area contributed by atoms with E-state index in [1.807, 2.05) is 0 Å².